The van der Waals surface area contributed by atoms with Crippen LogP contribution in [0.4, 0.5) is 8.78 Å². The number of carbonyl (C=O) groups is 1. The standard InChI is InChI=1S/C8H15F2NO3/c1-6(12)4-11-8(13)2-3-14-5-7(9)10/h6-7,12H,2-5H2,1H3,(H,11,13). The van der Waals surface area contributed by atoms with Crippen LogP contribution in [-0.2, 0) is 9.53 Å². The zero-order valence-corrected chi connectivity index (χ0v) is 8.00. The molecule has 0 saturated carbocycles. The van der Waals surface area contributed by atoms with Crippen molar-refractivity contribution in [3.05, 3.63) is 0 Å². The molecule has 0 aromatic carbocycles. The van der Waals surface area contributed by atoms with Gasteiger partial charge < -0.3 is 15.2 Å². The Kier molecular flexibility index (Phi) is 7.23. The monoisotopic (exact) mass is 211 g/mol. The molecular formula is C8H15F2NO3. The van der Waals surface area contributed by atoms with E-state index in [2.05, 4.69) is 10.1 Å². The van der Waals surface area contributed by atoms with Crippen molar-refractivity contribution in [2.45, 2.75) is 25.9 Å². The smallest absolute Gasteiger partial charge is 0.261 e. The van der Waals surface area contributed by atoms with Gasteiger partial charge in [0.15, 0.2) is 0 Å². The highest BCUT2D eigenvalue weighted by Crippen LogP contribution is 1.93. The largest absolute Gasteiger partial charge is 0.392 e. The molecule has 1 unspecified atom stereocenters. The van der Waals surface area contributed by atoms with Gasteiger partial charge in [0.25, 0.3) is 6.43 Å². The molecule has 6 heteroatoms. The number of amides is 1. The van der Waals surface area contributed by atoms with E-state index in [0.29, 0.717) is 0 Å². The van der Waals surface area contributed by atoms with Gasteiger partial charge in [0.05, 0.1) is 12.7 Å². The van der Waals surface area contributed by atoms with E-state index in [1.54, 1.807) is 0 Å². The first-order chi connectivity index (χ1) is 6.52. The fourth-order valence-corrected chi connectivity index (χ4v) is 0.687. The van der Waals surface area contributed by atoms with Crippen molar-refractivity contribution in [2.75, 3.05) is 19.8 Å². The van der Waals surface area contributed by atoms with Crippen molar-refractivity contribution >= 4 is 5.91 Å². The molecule has 1 amide bonds. The van der Waals surface area contributed by atoms with Crippen molar-refractivity contribution in [1.29, 1.82) is 0 Å². The lowest BCUT2D eigenvalue weighted by atomic mass is 10.3. The number of rotatable bonds is 7. The van der Waals surface area contributed by atoms with Crippen LogP contribution in [0.15, 0.2) is 0 Å². The Morgan fingerprint density at radius 2 is 2.21 bits per heavy atom. The lowest BCUT2D eigenvalue weighted by Gasteiger charge is -2.07. The zero-order chi connectivity index (χ0) is 11.0. The fourth-order valence-electron chi connectivity index (χ4n) is 0.687. The van der Waals surface area contributed by atoms with E-state index in [1.807, 2.05) is 0 Å². The Hall–Kier alpha value is -0.750. The van der Waals surface area contributed by atoms with E-state index in [4.69, 9.17) is 5.11 Å². The van der Waals surface area contributed by atoms with Crippen molar-refractivity contribution in [2.24, 2.45) is 0 Å². The number of halogens is 2. The highest BCUT2D eigenvalue weighted by atomic mass is 19.3. The molecule has 84 valence electrons. The van der Waals surface area contributed by atoms with Crippen molar-refractivity contribution in [1.82, 2.24) is 5.32 Å². The van der Waals surface area contributed by atoms with E-state index in [0.717, 1.165) is 0 Å². The summed E-state index contributed by atoms with van der Waals surface area (Å²) >= 11 is 0. The molecule has 0 bridgehead atoms. The van der Waals surface area contributed by atoms with Gasteiger partial charge in [0, 0.05) is 13.0 Å². The summed E-state index contributed by atoms with van der Waals surface area (Å²) in [6.45, 7) is 1.01. The molecule has 0 rings (SSSR count). The molecule has 0 aromatic rings. The summed E-state index contributed by atoms with van der Waals surface area (Å²) in [6, 6.07) is 0. The molecule has 0 spiro atoms. The van der Waals surface area contributed by atoms with E-state index in [-0.39, 0.29) is 25.5 Å². The van der Waals surface area contributed by atoms with Crippen molar-refractivity contribution in [3.8, 4) is 0 Å². The quantitative estimate of drug-likeness (QED) is 0.589. The molecule has 4 nitrogen and oxygen atoms in total. The average Bonchev–Trinajstić information content (AvgIpc) is 2.08. The summed E-state index contributed by atoms with van der Waals surface area (Å²) < 4.78 is 27.6. The summed E-state index contributed by atoms with van der Waals surface area (Å²) in [5, 5.41) is 11.2. The van der Waals surface area contributed by atoms with Crippen LogP contribution in [0.2, 0.25) is 0 Å². The first kappa shape index (κ1) is 13.2. The van der Waals surface area contributed by atoms with Gasteiger partial charge in [-0.2, -0.15) is 0 Å². The van der Waals surface area contributed by atoms with Crippen LogP contribution in [0.1, 0.15) is 13.3 Å². The molecular weight excluding hydrogens is 196 g/mol. The highest BCUT2D eigenvalue weighted by molar-refractivity contribution is 5.75. The van der Waals surface area contributed by atoms with Gasteiger partial charge in [0.2, 0.25) is 5.91 Å². The van der Waals surface area contributed by atoms with Gasteiger partial charge in [-0.05, 0) is 6.92 Å². The third kappa shape index (κ3) is 9.34. The summed E-state index contributed by atoms with van der Waals surface area (Å²) in [5.41, 5.74) is 0. The normalized spacial score (nSPS) is 12.9. The molecule has 0 aromatic heterocycles. The van der Waals surface area contributed by atoms with Crippen molar-refractivity contribution in [3.63, 3.8) is 0 Å². The second-order valence-corrected chi connectivity index (χ2v) is 2.87. The van der Waals surface area contributed by atoms with Crippen LogP contribution in [0.25, 0.3) is 0 Å². The van der Waals surface area contributed by atoms with E-state index < -0.39 is 19.1 Å². The predicted octanol–water partition coefficient (Wildman–Crippen LogP) is 0.155. The van der Waals surface area contributed by atoms with E-state index in [1.165, 1.54) is 6.92 Å². The van der Waals surface area contributed by atoms with Crippen LogP contribution in [0.5, 0.6) is 0 Å². The molecule has 0 aliphatic heterocycles. The lowest BCUT2D eigenvalue weighted by Crippen LogP contribution is -2.31. The number of carbonyl (C=O) groups excluding carboxylic acids is 1. The van der Waals surface area contributed by atoms with Gasteiger partial charge in [-0.15, -0.1) is 0 Å². The van der Waals surface area contributed by atoms with Crippen LogP contribution in [0.3, 0.4) is 0 Å². The molecule has 14 heavy (non-hydrogen) atoms. The first-order valence-electron chi connectivity index (χ1n) is 4.33. The molecule has 0 aliphatic carbocycles. The average molecular weight is 211 g/mol. The minimum absolute atomic E-state index is 0.0272. The number of nitrogens with one attached hydrogen (secondary N) is 1. The third-order valence-electron chi connectivity index (χ3n) is 1.31. The predicted molar refractivity (Wildman–Crippen MR) is 46.1 cm³/mol. The summed E-state index contributed by atoms with van der Waals surface area (Å²) in [7, 11) is 0. The molecule has 0 aliphatic rings. The van der Waals surface area contributed by atoms with Crippen LogP contribution < -0.4 is 5.32 Å². The number of aliphatic hydroxyl groups excluding tert-OH is 1. The Morgan fingerprint density at radius 3 is 2.71 bits per heavy atom. The second-order valence-electron chi connectivity index (χ2n) is 2.87. The van der Waals surface area contributed by atoms with Crippen LogP contribution in [-0.4, -0.2) is 43.3 Å². The molecule has 0 radical (unpaired) electrons. The summed E-state index contributed by atoms with van der Waals surface area (Å²) in [5.74, 6) is -0.319. The van der Waals surface area contributed by atoms with E-state index in [9.17, 15) is 13.6 Å². The maximum Gasteiger partial charge on any atom is 0.261 e. The molecule has 1 atom stereocenters. The van der Waals surface area contributed by atoms with Crippen LogP contribution in [0, 0.1) is 0 Å². The fraction of sp³-hybridized carbons (Fsp3) is 0.875. The minimum Gasteiger partial charge on any atom is -0.392 e. The summed E-state index contributed by atoms with van der Waals surface area (Å²) in [6.07, 6.45) is -3.09. The van der Waals surface area contributed by atoms with Gasteiger partial charge in [0.1, 0.15) is 6.61 Å². The van der Waals surface area contributed by atoms with Gasteiger partial charge in [-0.25, -0.2) is 8.78 Å². The Balaban J connectivity index is 3.27. The van der Waals surface area contributed by atoms with Gasteiger partial charge in [-0.1, -0.05) is 0 Å². The molecule has 0 heterocycles. The number of hydrogen-bond donors (Lipinski definition) is 2. The maximum atomic E-state index is 11.6. The Labute approximate surface area is 81.2 Å². The second kappa shape index (κ2) is 7.64. The maximum absolute atomic E-state index is 11.6. The molecule has 2 N–H and O–H groups in total. The topological polar surface area (TPSA) is 58.6 Å². The van der Waals surface area contributed by atoms with Crippen molar-refractivity contribution < 1.29 is 23.4 Å². The molecule has 0 saturated heterocycles. The Bertz CT molecular complexity index is 165. The zero-order valence-electron chi connectivity index (χ0n) is 8.00. The SMILES string of the molecule is CC(O)CNC(=O)CCOCC(F)F. The number of alkyl halides is 2. The lowest BCUT2D eigenvalue weighted by molar-refractivity contribution is -0.123. The van der Waals surface area contributed by atoms with E-state index >= 15 is 0 Å². The van der Waals surface area contributed by atoms with Crippen LogP contribution >= 0.6 is 0 Å². The molecule has 0 fully saturated rings. The Morgan fingerprint density at radius 1 is 1.57 bits per heavy atom. The van der Waals surface area contributed by atoms with Gasteiger partial charge >= 0.3 is 0 Å². The highest BCUT2D eigenvalue weighted by Gasteiger charge is 2.05. The number of hydrogen-bond acceptors (Lipinski definition) is 3. The number of ether oxygens (including phenoxy) is 1. The number of aliphatic hydroxyl groups is 1. The summed E-state index contributed by atoms with van der Waals surface area (Å²) in [4.78, 5) is 10.9. The first-order valence-corrected chi connectivity index (χ1v) is 4.33. The third-order valence-corrected chi connectivity index (χ3v) is 1.31. The van der Waals surface area contributed by atoms with Gasteiger partial charge in [-0.3, -0.25) is 4.79 Å². The minimum atomic E-state index is -2.50.